The fraction of sp³-hybridized carbons (Fsp3) is 0.827. The number of nitrogens with zero attached hydrogens (tertiary/aromatic N) is 1. The molecule has 0 bridgehead atoms. The van der Waals surface area contributed by atoms with Gasteiger partial charge >= 0.3 is 7.82 Å². The van der Waals surface area contributed by atoms with Crippen molar-refractivity contribution in [2.75, 3.05) is 40.9 Å². The summed E-state index contributed by atoms with van der Waals surface area (Å²) in [7, 11) is 1.54. The summed E-state index contributed by atoms with van der Waals surface area (Å²) in [6.07, 6.45) is 56.3. The number of quaternary nitrogens is 1. The van der Waals surface area contributed by atoms with Crippen molar-refractivity contribution in [3.63, 3.8) is 0 Å². The zero-order chi connectivity index (χ0) is 45.0. The Kier molecular flexibility index (Phi) is 42.6. The second kappa shape index (κ2) is 43.7. The van der Waals surface area contributed by atoms with Crippen LogP contribution in [0.15, 0.2) is 48.6 Å². The number of likely N-dealkylation sites (N-methyl/N-ethyl adjacent to an activating group) is 1. The summed E-state index contributed by atoms with van der Waals surface area (Å²) in [5, 5.41) is 13.8. The largest absolute Gasteiger partial charge is 0.472 e. The predicted octanol–water partition coefficient (Wildman–Crippen LogP) is 14.8. The monoisotopic (exact) mass is 880 g/mol. The SMILES string of the molecule is CCCCCC/C=C/CC/C=C/CC/C=C/C(O)C(COP(=O)(O)OCC[N+](C)(C)C)NC(=O)CCCCCCCCCCC/C=C\CCCCCCCCCCCCCC. The van der Waals surface area contributed by atoms with Gasteiger partial charge in [0.1, 0.15) is 13.2 Å². The Morgan fingerprint density at radius 3 is 1.33 bits per heavy atom. The fourth-order valence-corrected chi connectivity index (χ4v) is 7.92. The van der Waals surface area contributed by atoms with E-state index in [1.54, 1.807) is 6.08 Å². The Morgan fingerprint density at radius 1 is 0.541 bits per heavy atom. The van der Waals surface area contributed by atoms with Crippen LogP contribution in [0.3, 0.4) is 0 Å². The van der Waals surface area contributed by atoms with Crippen LogP contribution in [0.2, 0.25) is 0 Å². The van der Waals surface area contributed by atoms with Crippen LogP contribution in [0, 0.1) is 0 Å². The van der Waals surface area contributed by atoms with Gasteiger partial charge in [0.05, 0.1) is 39.9 Å². The highest BCUT2D eigenvalue weighted by molar-refractivity contribution is 7.47. The fourth-order valence-electron chi connectivity index (χ4n) is 7.19. The van der Waals surface area contributed by atoms with Crippen LogP contribution in [-0.2, 0) is 18.4 Å². The minimum absolute atomic E-state index is 0.0524. The quantitative estimate of drug-likeness (QED) is 0.0243. The molecule has 0 aliphatic heterocycles. The van der Waals surface area contributed by atoms with Crippen molar-refractivity contribution in [1.29, 1.82) is 0 Å². The summed E-state index contributed by atoms with van der Waals surface area (Å²) in [5.74, 6) is -0.194. The Bertz CT molecular complexity index is 1130. The molecule has 8 nitrogen and oxygen atoms in total. The van der Waals surface area contributed by atoms with Crippen LogP contribution in [-0.4, -0.2) is 73.4 Å². The van der Waals surface area contributed by atoms with E-state index >= 15 is 0 Å². The first-order chi connectivity index (χ1) is 29.5. The molecule has 0 aromatic carbocycles. The Labute approximate surface area is 378 Å². The molecule has 0 aliphatic carbocycles. The molecule has 0 saturated carbocycles. The lowest BCUT2D eigenvalue weighted by atomic mass is 10.0. The molecule has 0 aromatic rings. The first kappa shape index (κ1) is 59.5. The van der Waals surface area contributed by atoms with Gasteiger partial charge in [-0.05, 0) is 70.6 Å². The average molecular weight is 880 g/mol. The maximum Gasteiger partial charge on any atom is 0.472 e. The molecule has 0 heterocycles. The third kappa shape index (κ3) is 46.3. The molecule has 1 amide bonds. The van der Waals surface area contributed by atoms with Gasteiger partial charge in [-0.25, -0.2) is 4.57 Å². The summed E-state index contributed by atoms with van der Waals surface area (Å²) in [6.45, 7) is 4.77. The third-order valence-corrected chi connectivity index (χ3v) is 12.2. The second-order valence-corrected chi connectivity index (χ2v) is 20.0. The molecule has 3 atom stereocenters. The van der Waals surface area contributed by atoms with Crippen molar-refractivity contribution in [3.8, 4) is 0 Å². The average Bonchev–Trinajstić information content (AvgIpc) is 3.21. The van der Waals surface area contributed by atoms with E-state index in [0.717, 1.165) is 44.9 Å². The van der Waals surface area contributed by atoms with E-state index in [1.165, 1.54) is 161 Å². The standard InChI is InChI=1S/C52H99N2O6P/c1-6-8-10-12-14-16-18-20-22-23-24-25-26-27-28-29-30-31-32-34-36-38-40-42-44-46-52(56)53-50(49-60-61(57,58)59-48-47-54(3,4)5)51(55)45-43-41-39-37-35-33-21-19-17-15-13-11-9-7-2/h17,19,27-28,35,37,43,45,50-51,55H,6-16,18,20-26,29-34,36,38-42,44,46-49H2,1-5H3,(H-,53,56,57,58)/p+1/b19-17+,28-27-,37-35+,45-43+. The summed E-state index contributed by atoms with van der Waals surface area (Å²) >= 11 is 0. The lowest BCUT2D eigenvalue weighted by Gasteiger charge is -2.25. The number of aliphatic hydroxyl groups excluding tert-OH is 1. The number of aliphatic hydroxyl groups is 1. The summed E-state index contributed by atoms with van der Waals surface area (Å²) < 4.78 is 23.6. The molecule has 0 spiro atoms. The van der Waals surface area contributed by atoms with E-state index in [9.17, 15) is 19.4 Å². The van der Waals surface area contributed by atoms with Crippen molar-refractivity contribution in [3.05, 3.63) is 48.6 Å². The number of unbranched alkanes of at least 4 members (excludes halogenated alkanes) is 27. The number of rotatable bonds is 46. The molecule has 9 heteroatoms. The van der Waals surface area contributed by atoms with Gasteiger partial charge < -0.3 is 19.8 Å². The first-order valence-corrected chi connectivity index (χ1v) is 27.0. The summed E-state index contributed by atoms with van der Waals surface area (Å²) in [4.78, 5) is 23.2. The van der Waals surface area contributed by atoms with Crippen molar-refractivity contribution in [2.45, 2.75) is 238 Å². The molecular formula is C52H100N2O6P+. The molecule has 0 saturated heterocycles. The van der Waals surface area contributed by atoms with Crippen LogP contribution in [0.4, 0.5) is 0 Å². The highest BCUT2D eigenvalue weighted by Gasteiger charge is 2.27. The molecule has 61 heavy (non-hydrogen) atoms. The van der Waals surface area contributed by atoms with E-state index < -0.39 is 20.0 Å². The Hall–Kier alpha value is -1.54. The molecule has 3 unspecified atom stereocenters. The number of nitrogens with one attached hydrogen (secondary N) is 1. The van der Waals surface area contributed by atoms with Crippen LogP contribution >= 0.6 is 7.82 Å². The molecule has 0 rings (SSSR count). The smallest absolute Gasteiger partial charge is 0.387 e. The van der Waals surface area contributed by atoms with E-state index in [1.807, 2.05) is 27.2 Å². The van der Waals surface area contributed by atoms with E-state index in [0.29, 0.717) is 17.4 Å². The van der Waals surface area contributed by atoms with Crippen molar-refractivity contribution < 1.29 is 32.9 Å². The van der Waals surface area contributed by atoms with Crippen molar-refractivity contribution in [2.24, 2.45) is 0 Å². The second-order valence-electron chi connectivity index (χ2n) is 18.5. The number of hydrogen-bond donors (Lipinski definition) is 3. The zero-order valence-electron chi connectivity index (χ0n) is 40.7. The number of phosphoric ester groups is 1. The zero-order valence-corrected chi connectivity index (χ0v) is 41.5. The van der Waals surface area contributed by atoms with Crippen LogP contribution in [0.1, 0.15) is 226 Å². The van der Waals surface area contributed by atoms with Gasteiger partial charge in [0.2, 0.25) is 5.91 Å². The van der Waals surface area contributed by atoms with Crippen molar-refractivity contribution in [1.82, 2.24) is 5.32 Å². The van der Waals surface area contributed by atoms with E-state index in [4.69, 9.17) is 9.05 Å². The number of hydrogen-bond acceptors (Lipinski definition) is 5. The molecule has 0 aliphatic rings. The predicted molar refractivity (Wildman–Crippen MR) is 263 cm³/mol. The highest BCUT2D eigenvalue weighted by Crippen LogP contribution is 2.43. The first-order valence-electron chi connectivity index (χ1n) is 25.5. The van der Waals surface area contributed by atoms with Gasteiger partial charge in [-0.1, -0.05) is 197 Å². The van der Waals surface area contributed by atoms with Gasteiger partial charge in [-0.15, -0.1) is 0 Å². The molecule has 0 aromatic heterocycles. The Balaban J connectivity index is 4.27. The molecule has 3 N–H and O–H groups in total. The lowest BCUT2D eigenvalue weighted by molar-refractivity contribution is -0.870. The van der Waals surface area contributed by atoms with Crippen LogP contribution in [0.5, 0.6) is 0 Å². The maximum atomic E-state index is 12.9. The van der Waals surface area contributed by atoms with E-state index in [-0.39, 0.29) is 19.1 Å². The number of phosphoric acid groups is 1. The van der Waals surface area contributed by atoms with Crippen LogP contribution < -0.4 is 5.32 Å². The number of carbonyl (C=O) groups excluding carboxylic acids is 1. The maximum absolute atomic E-state index is 12.9. The normalized spacial score (nSPS) is 14.5. The van der Waals surface area contributed by atoms with E-state index in [2.05, 4.69) is 55.6 Å². The van der Waals surface area contributed by atoms with Gasteiger partial charge in [0.25, 0.3) is 0 Å². The highest BCUT2D eigenvalue weighted by atomic mass is 31.2. The minimum atomic E-state index is -4.35. The minimum Gasteiger partial charge on any atom is -0.387 e. The lowest BCUT2D eigenvalue weighted by Crippen LogP contribution is -2.45. The van der Waals surface area contributed by atoms with Crippen molar-refractivity contribution >= 4 is 13.7 Å². The van der Waals surface area contributed by atoms with Gasteiger partial charge in [-0.2, -0.15) is 0 Å². The van der Waals surface area contributed by atoms with Gasteiger partial charge in [-0.3, -0.25) is 13.8 Å². The molecule has 358 valence electrons. The number of carbonyl (C=O) groups is 1. The topological polar surface area (TPSA) is 105 Å². The third-order valence-electron chi connectivity index (χ3n) is 11.2. The van der Waals surface area contributed by atoms with Gasteiger partial charge in [0, 0.05) is 6.42 Å². The number of allylic oxidation sites excluding steroid dienone is 7. The number of amides is 1. The molecule has 0 fully saturated rings. The van der Waals surface area contributed by atoms with Crippen LogP contribution in [0.25, 0.3) is 0 Å². The van der Waals surface area contributed by atoms with Gasteiger partial charge in [0.15, 0.2) is 0 Å². The Morgan fingerprint density at radius 2 is 0.902 bits per heavy atom. The summed E-state index contributed by atoms with van der Waals surface area (Å²) in [6, 6.07) is -0.870. The summed E-state index contributed by atoms with van der Waals surface area (Å²) in [5.41, 5.74) is 0. The molecular weight excluding hydrogens is 780 g/mol. The molecule has 0 radical (unpaired) electrons.